The molecule has 0 spiro atoms. The maximum absolute atomic E-state index is 12.6. The van der Waals surface area contributed by atoms with E-state index in [-0.39, 0.29) is 5.69 Å². The third-order valence-corrected chi connectivity index (χ3v) is 1.87. The first-order chi connectivity index (χ1) is 6.70. The predicted octanol–water partition coefficient (Wildman–Crippen LogP) is 1.13. The number of alkyl halides is 2. The lowest BCUT2D eigenvalue weighted by molar-refractivity contribution is 0.137. The largest absolute Gasteiger partial charge is 0.330 e. The molecule has 0 fully saturated rings. The highest BCUT2D eigenvalue weighted by atomic mass is 19.3. The van der Waals surface area contributed by atoms with Crippen LogP contribution in [0.3, 0.4) is 0 Å². The highest BCUT2D eigenvalue weighted by Gasteiger charge is 2.20. The second kappa shape index (κ2) is 4.99. The number of nitrogens with two attached hydrogens (primary N) is 1. The monoisotopic (exact) mass is 204 g/mol. The van der Waals surface area contributed by atoms with Crippen LogP contribution in [0.25, 0.3) is 0 Å². The van der Waals surface area contributed by atoms with E-state index in [1.807, 2.05) is 6.92 Å². The van der Waals surface area contributed by atoms with Crippen molar-refractivity contribution in [2.75, 3.05) is 6.54 Å². The van der Waals surface area contributed by atoms with Crippen LogP contribution >= 0.6 is 0 Å². The maximum Gasteiger partial charge on any atom is 0.281 e. The summed E-state index contributed by atoms with van der Waals surface area (Å²) < 4.78 is 26.5. The molecule has 0 saturated heterocycles. The molecule has 0 aliphatic carbocycles. The summed E-state index contributed by atoms with van der Waals surface area (Å²) in [4.78, 5) is 0. The Morgan fingerprint density at radius 3 is 2.71 bits per heavy atom. The Morgan fingerprint density at radius 2 is 2.21 bits per heavy atom. The zero-order valence-electron chi connectivity index (χ0n) is 8.08. The van der Waals surface area contributed by atoms with Crippen molar-refractivity contribution in [2.24, 2.45) is 5.73 Å². The Labute approximate surface area is 81.1 Å². The molecular weight excluding hydrogens is 190 g/mol. The molecule has 14 heavy (non-hydrogen) atoms. The molecule has 1 aromatic heterocycles. The summed E-state index contributed by atoms with van der Waals surface area (Å²) in [6, 6.07) is 0. The lowest BCUT2D eigenvalue weighted by Gasteiger charge is -2.04. The Hall–Kier alpha value is -1.04. The number of nitrogens with zero attached hydrogens (tertiary/aromatic N) is 3. The van der Waals surface area contributed by atoms with Gasteiger partial charge in [-0.15, -0.1) is 5.10 Å². The molecule has 0 radical (unpaired) electrons. The summed E-state index contributed by atoms with van der Waals surface area (Å²) in [6.45, 7) is 2.68. The van der Waals surface area contributed by atoms with E-state index in [9.17, 15) is 8.78 Å². The lowest BCUT2D eigenvalue weighted by Crippen LogP contribution is -2.09. The molecule has 0 atom stereocenters. The molecule has 1 rings (SSSR count). The second-order valence-corrected chi connectivity index (χ2v) is 2.98. The van der Waals surface area contributed by atoms with Gasteiger partial charge < -0.3 is 5.73 Å². The first kappa shape index (κ1) is 11.0. The van der Waals surface area contributed by atoms with Gasteiger partial charge in [-0.3, -0.25) is 0 Å². The van der Waals surface area contributed by atoms with Crippen molar-refractivity contribution in [3.63, 3.8) is 0 Å². The van der Waals surface area contributed by atoms with Crippen molar-refractivity contribution >= 4 is 0 Å². The molecule has 0 amide bonds. The number of hydrogen-bond acceptors (Lipinski definition) is 3. The summed E-state index contributed by atoms with van der Waals surface area (Å²) in [7, 11) is 0. The third-order valence-electron chi connectivity index (χ3n) is 1.87. The summed E-state index contributed by atoms with van der Waals surface area (Å²) >= 11 is 0. The second-order valence-electron chi connectivity index (χ2n) is 2.98. The lowest BCUT2D eigenvalue weighted by atomic mass is 10.2. The van der Waals surface area contributed by atoms with Gasteiger partial charge in [0.2, 0.25) is 0 Å². The van der Waals surface area contributed by atoms with Crippen LogP contribution in [-0.4, -0.2) is 21.5 Å². The first-order valence-corrected chi connectivity index (χ1v) is 4.61. The van der Waals surface area contributed by atoms with E-state index in [0.717, 1.165) is 6.42 Å². The van der Waals surface area contributed by atoms with Gasteiger partial charge in [0.1, 0.15) is 5.69 Å². The minimum Gasteiger partial charge on any atom is -0.330 e. The fraction of sp³-hybridized carbons (Fsp3) is 0.750. The molecule has 1 heterocycles. The fourth-order valence-electron chi connectivity index (χ4n) is 1.29. The van der Waals surface area contributed by atoms with Crippen LogP contribution in [0.5, 0.6) is 0 Å². The normalized spacial score (nSPS) is 11.2. The van der Waals surface area contributed by atoms with Crippen LogP contribution in [0.15, 0.2) is 0 Å². The molecule has 0 aromatic carbocycles. The number of halogens is 2. The number of hydrogen-bond donors (Lipinski definition) is 1. The van der Waals surface area contributed by atoms with E-state index in [1.165, 1.54) is 4.68 Å². The molecule has 0 bridgehead atoms. The molecule has 1 aromatic rings. The number of aryl methyl sites for hydroxylation is 1. The van der Waals surface area contributed by atoms with E-state index in [0.29, 0.717) is 25.2 Å². The average molecular weight is 204 g/mol. The maximum atomic E-state index is 12.6. The quantitative estimate of drug-likeness (QED) is 0.782. The van der Waals surface area contributed by atoms with Crippen molar-refractivity contribution in [2.45, 2.75) is 32.7 Å². The fourth-order valence-corrected chi connectivity index (χ4v) is 1.29. The molecule has 4 nitrogen and oxygen atoms in total. The van der Waals surface area contributed by atoms with Gasteiger partial charge in [0.25, 0.3) is 6.43 Å². The Morgan fingerprint density at radius 1 is 1.50 bits per heavy atom. The Bertz CT molecular complexity index is 261. The average Bonchev–Trinajstić information content (AvgIpc) is 2.49. The van der Waals surface area contributed by atoms with Crippen LogP contribution in [0, 0.1) is 0 Å². The van der Waals surface area contributed by atoms with Crippen molar-refractivity contribution in [3.8, 4) is 0 Å². The van der Waals surface area contributed by atoms with Crippen LogP contribution in [0.1, 0.15) is 31.2 Å². The Balaban J connectivity index is 2.94. The first-order valence-electron chi connectivity index (χ1n) is 4.61. The van der Waals surface area contributed by atoms with Crippen molar-refractivity contribution < 1.29 is 8.78 Å². The van der Waals surface area contributed by atoms with Crippen LogP contribution < -0.4 is 5.73 Å². The minimum atomic E-state index is -2.53. The zero-order valence-corrected chi connectivity index (χ0v) is 8.08. The standard InChI is InChI=1S/C8H14F2N4/c1-2-5-14-7(8(9)10)6(3-4-11)12-13-14/h8H,2-5,11H2,1H3. The SMILES string of the molecule is CCCn1nnc(CCN)c1C(F)F. The zero-order chi connectivity index (χ0) is 10.6. The third kappa shape index (κ3) is 2.25. The highest BCUT2D eigenvalue weighted by Crippen LogP contribution is 2.21. The van der Waals surface area contributed by atoms with Gasteiger partial charge in [-0.05, 0) is 13.0 Å². The Kier molecular flexibility index (Phi) is 3.94. The molecule has 0 unspecified atom stereocenters. The van der Waals surface area contributed by atoms with E-state index in [2.05, 4.69) is 10.3 Å². The van der Waals surface area contributed by atoms with Crippen molar-refractivity contribution in [3.05, 3.63) is 11.4 Å². The van der Waals surface area contributed by atoms with E-state index in [4.69, 9.17) is 5.73 Å². The molecule has 0 aliphatic heterocycles. The molecule has 0 saturated carbocycles. The van der Waals surface area contributed by atoms with Gasteiger partial charge in [-0.2, -0.15) is 0 Å². The summed E-state index contributed by atoms with van der Waals surface area (Å²) in [5.41, 5.74) is 5.52. The molecule has 80 valence electrons. The smallest absolute Gasteiger partial charge is 0.281 e. The van der Waals surface area contributed by atoms with Crippen LogP contribution in [0.2, 0.25) is 0 Å². The van der Waals surface area contributed by atoms with Gasteiger partial charge >= 0.3 is 0 Å². The van der Waals surface area contributed by atoms with Crippen LogP contribution in [-0.2, 0) is 13.0 Å². The molecular formula is C8H14F2N4. The summed E-state index contributed by atoms with van der Waals surface area (Å²) in [5, 5.41) is 7.38. The topological polar surface area (TPSA) is 56.7 Å². The summed E-state index contributed by atoms with van der Waals surface area (Å²) in [6.07, 6.45) is -1.42. The summed E-state index contributed by atoms with van der Waals surface area (Å²) in [5.74, 6) is 0. The van der Waals surface area contributed by atoms with Gasteiger partial charge in [-0.25, -0.2) is 13.5 Å². The molecule has 2 N–H and O–H groups in total. The van der Waals surface area contributed by atoms with Crippen LogP contribution in [0.4, 0.5) is 8.78 Å². The number of aromatic nitrogens is 3. The highest BCUT2D eigenvalue weighted by molar-refractivity contribution is 5.12. The minimum absolute atomic E-state index is 0.0858. The molecule has 0 aliphatic rings. The van der Waals surface area contributed by atoms with Gasteiger partial charge in [0.15, 0.2) is 0 Å². The molecule has 6 heteroatoms. The predicted molar refractivity (Wildman–Crippen MR) is 48.0 cm³/mol. The van der Waals surface area contributed by atoms with Crippen molar-refractivity contribution in [1.82, 2.24) is 15.0 Å². The van der Waals surface area contributed by atoms with Gasteiger partial charge in [0.05, 0.1) is 5.69 Å². The number of rotatable bonds is 5. The van der Waals surface area contributed by atoms with E-state index >= 15 is 0 Å². The van der Waals surface area contributed by atoms with E-state index < -0.39 is 6.43 Å². The van der Waals surface area contributed by atoms with Gasteiger partial charge in [0, 0.05) is 13.0 Å². The van der Waals surface area contributed by atoms with Crippen molar-refractivity contribution in [1.29, 1.82) is 0 Å². The van der Waals surface area contributed by atoms with E-state index in [1.54, 1.807) is 0 Å². The van der Waals surface area contributed by atoms with Gasteiger partial charge in [-0.1, -0.05) is 12.1 Å².